The van der Waals surface area contributed by atoms with Crippen molar-refractivity contribution in [2.45, 2.75) is 32.2 Å². The number of rotatable bonds is 3. The first-order valence-corrected chi connectivity index (χ1v) is 7.86. The van der Waals surface area contributed by atoms with Crippen LogP contribution in [-0.4, -0.2) is 19.0 Å². The maximum absolute atomic E-state index is 13.1. The van der Waals surface area contributed by atoms with Gasteiger partial charge in [0.25, 0.3) is 0 Å². The van der Waals surface area contributed by atoms with E-state index in [0.29, 0.717) is 5.02 Å². The van der Waals surface area contributed by atoms with Crippen molar-refractivity contribution in [1.29, 1.82) is 0 Å². The van der Waals surface area contributed by atoms with E-state index in [-0.39, 0.29) is 29.1 Å². The minimum atomic E-state index is -0.363. The highest BCUT2D eigenvalue weighted by Gasteiger charge is 2.57. The van der Waals surface area contributed by atoms with E-state index in [0.717, 1.165) is 37.9 Å². The molecule has 2 unspecified atom stereocenters. The summed E-state index contributed by atoms with van der Waals surface area (Å²) in [6, 6.07) is 4.08. The molecule has 2 N–H and O–H groups in total. The zero-order chi connectivity index (χ0) is 15.0. The van der Waals surface area contributed by atoms with Gasteiger partial charge in [-0.2, -0.15) is 0 Å². The highest BCUT2D eigenvalue weighted by Crippen LogP contribution is 2.58. The zero-order valence-electron chi connectivity index (χ0n) is 12.1. The Morgan fingerprint density at radius 2 is 2.19 bits per heavy atom. The minimum Gasteiger partial charge on any atom is -0.349 e. The molecule has 3 nitrogen and oxygen atoms in total. The van der Waals surface area contributed by atoms with Gasteiger partial charge < -0.3 is 10.6 Å². The maximum Gasteiger partial charge on any atom is 0.224 e. The third-order valence-electron chi connectivity index (χ3n) is 4.89. The Morgan fingerprint density at radius 3 is 2.86 bits per heavy atom. The summed E-state index contributed by atoms with van der Waals surface area (Å²) in [5.41, 5.74) is 0.980. The van der Waals surface area contributed by atoms with Gasteiger partial charge >= 0.3 is 0 Å². The second-order valence-corrected chi connectivity index (χ2v) is 6.67. The molecule has 2 fully saturated rings. The van der Waals surface area contributed by atoms with E-state index >= 15 is 0 Å². The van der Waals surface area contributed by atoms with Gasteiger partial charge in [0.2, 0.25) is 5.91 Å². The minimum absolute atomic E-state index is 0.102. The van der Waals surface area contributed by atoms with Crippen molar-refractivity contribution in [1.82, 2.24) is 10.6 Å². The third-order valence-corrected chi connectivity index (χ3v) is 5.22. The largest absolute Gasteiger partial charge is 0.349 e. The molecule has 0 bridgehead atoms. The Balaban J connectivity index is 1.62. The molecule has 1 saturated heterocycles. The lowest BCUT2D eigenvalue weighted by atomic mass is 9.91. The summed E-state index contributed by atoms with van der Waals surface area (Å²) in [5, 5.41) is 6.71. The SMILES string of the molecule is CC(NC(=O)C1CC12CCNCC2)c1ccc(F)cc1Cl. The molecule has 5 heteroatoms. The molecule has 114 valence electrons. The van der Waals surface area contributed by atoms with E-state index in [9.17, 15) is 9.18 Å². The highest BCUT2D eigenvalue weighted by molar-refractivity contribution is 6.31. The normalized spacial score (nSPS) is 24.6. The lowest BCUT2D eigenvalue weighted by Gasteiger charge is -2.24. The van der Waals surface area contributed by atoms with Gasteiger partial charge in [-0.15, -0.1) is 0 Å². The van der Waals surface area contributed by atoms with Crippen molar-refractivity contribution in [3.05, 3.63) is 34.6 Å². The number of carbonyl (C=O) groups excluding carboxylic acids is 1. The molecule has 1 heterocycles. The second-order valence-electron chi connectivity index (χ2n) is 6.27. The number of hydrogen-bond acceptors (Lipinski definition) is 2. The van der Waals surface area contributed by atoms with Crippen molar-refractivity contribution in [2.75, 3.05) is 13.1 Å². The predicted octanol–water partition coefficient (Wildman–Crippen LogP) is 3.05. The van der Waals surface area contributed by atoms with Crippen LogP contribution in [0.4, 0.5) is 4.39 Å². The first-order valence-electron chi connectivity index (χ1n) is 7.48. The van der Waals surface area contributed by atoms with E-state index < -0.39 is 0 Å². The molecule has 2 aliphatic rings. The molecular formula is C16H20ClFN2O. The molecule has 0 aromatic heterocycles. The molecule has 0 radical (unpaired) electrons. The van der Waals surface area contributed by atoms with Crippen LogP contribution in [0.25, 0.3) is 0 Å². The number of nitrogens with one attached hydrogen (secondary N) is 2. The van der Waals surface area contributed by atoms with Gasteiger partial charge in [0.15, 0.2) is 0 Å². The lowest BCUT2D eigenvalue weighted by molar-refractivity contribution is -0.123. The first-order chi connectivity index (χ1) is 10.0. The van der Waals surface area contributed by atoms with Crippen molar-refractivity contribution in [3.63, 3.8) is 0 Å². The monoisotopic (exact) mass is 310 g/mol. The summed E-state index contributed by atoms with van der Waals surface area (Å²) in [4.78, 5) is 12.4. The Morgan fingerprint density at radius 1 is 1.48 bits per heavy atom. The molecule has 1 aromatic rings. The van der Waals surface area contributed by atoms with Crippen LogP contribution in [-0.2, 0) is 4.79 Å². The van der Waals surface area contributed by atoms with Gasteiger partial charge in [-0.25, -0.2) is 4.39 Å². The predicted molar refractivity (Wildman–Crippen MR) is 80.6 cm³/mol. The van der Waals surface area contributed by atoms with Crippen molar-refractivity contribution in [3.8, 4) is 0 Å². The highest BCUT2D eigenvalue weighted by atomic mass is 35.5. The summed E-state index contributed by atoms with van der Waals surface area (Å²) in [6.07, 6.45) is 3.15. The third kappa shape index (κ3) is 2.92. The van der Waals surface area contributed by atoms with Crippen molar-refractivity contribution < 1.29 is 9.18 Å². The Hall–Kier alpha value is -1.13. The average Bonchev–Trinajstić information content (AvgIpc) is 3.13. The standard InChI is InChI=1S/C16H20ClFN2O/c1-10(12-3-2-11(18)8-14(12)17)20-15(21)13-9-16(13)4-6-19-7-5-16/h2-3,8,10,13,19H,4-7,9H2,1H3,(H,20,21). The molecule has 1 aromatic carbocycles. The second kappa shape index (κ2) is 5.58. The summed E-state index contributed by atoms with van der Waals surface area (Å²) in [6.45, 7) is 3.89. The summed E-state index contributed by atoms with van der Waals surface area (Å²) in [5.74, 6) is -0.135. The molecular weight excluding hydrogens is 291 g/mol. The van der Waals surface area contributed by atoms with Crippen LogP contribution in [0.2, 0.25) is 5.02 Å². The number of carbonyl (C=O) groups is 1. The molecule has 1 saturated carbocycles. The summed E-state index contributed by atoms with van der Waals surface area (Å²) >= 11 is 6.05. The number of piperidine rings is 1. The summed E-state index contributed by atoms with van der Waals surface area (Å²) < 4.78 is 13.1. The van der Waals surface area contributed by atoms with E-state index in [1.165, 1.54) is 12.1 Å². The average molecular weight is 311 g/mol. The first kappa shape index (κ1) is 14.8. The van der Waals surface area contributed by atoms with Crippen LogP contribution in [0.3, 0.4) is 0 Å². The van der Waals surface area contributed by atoms with E-state index in [2.05, 4.69) is 10.6 Å². The van der Waals surface area contributed by atoms with Gasteiger partial charge in [0, 0.05) is 10.9 Å². The number of benzene rings is 1. The quantitative estimate of drug-likeness (QED) is 0.901. The van der Waals surface area contributed by atoms with Crippen LogP contribution in [0.1, 0.15) is 37.8 Å². The molecule has 1 aliphatic carbocycles. The zero-order valence-corrected chi connectivity index (χ0v) is 12.8. The van der Waals surface area contributed by atoms with Crippen LogP contribution < -0.4 is 10.6 Å². The van der Waals surface area contributed by atoms with Crippen LogP contribution >= 0.6 is 11.6 Å². The maximum atomic E-state index is 13.1. The number of hydrogen-bond donors (Lipinski definition) is 2. The van der Waals surface area contributed by atoms with Gasteiger partial charge in [0.05, 0.1) is 6.04 Å². The molecule has 3 rings (SSSR count). The van der Waals surface area contributed by atoms with Crippen LogP contribution in [0, 0.1) is 17.2 Å². The van der Waals surface area contributed by atoms with Gasteiger partial charge in [0.1, 0.15) is 5.82 Å². The van der Waals surface area contributed by atoms with Crippen LogP contribution in [0.5, 0.6) is 0 Å². The lowest BCUT2D eigenvalue weighted by Crippen LogP contribution is -2.34. The van der Waals surface area contributed by atoms with Gasteiger partial charge in [-0.05, 0) is 62.4 Å². The molecule has 1 amide bonds. The summed E-state index contributed by atoms with van der Waals surface area (Å²) in [7, 11) is 0. The van der Waals surface area contributed by atoms with Gasteiger partial charge in [-0.1, -0.05) is 17.7 Å². The Labute approximate surface area is 129 Å². The number of amides is 1. The fourth-order valence-electron chi connectivity index (χ4n) is 3.44. The molecule has 2 atom stereocenters. The molecule has 1 aliphatic heterocycles. The molecule has 21 heavy (non-hydrogen) atoms. The van der Waals surface area contributed by atoms with Crippen molar-refractivity contribution >= 4 is 17.5 Å². The van der Waals surface area contributed by atoms with E-state index in [4.69, 9.17) is 11.6 Å². The Bertz CT molecular complexity index is 557. The molecule has 1 spiro atoms. The van der Waals surface area contributed by atoms with E-state index in [1.54, 1.807) is 6.07 Å². The Kier molecular flexibility index (Phi) is 3.93. The van der Waals surface area contributed by atoms with Gasteiger partial charge in [-0.3, -0.25) is 4.79 Å². The topological polar surface area (TPSA) is 41.1 Å². The van der Waals surface area contributed by atoms with E-state index in [1.807, 2.05) is 6.92 Å². The van der Waals surface area contributed by atoms with Crippen molar-refractivity contribution in [2.24, 2.45) is 11.3 Å². The number of halogens is 2. The fraction of sp³-hybridized carbons (Fsp3) is 0.562. The fourth-order valence-corrected chi connectivity index (χ4v) is 3.77. The smallest absolute Gasteiger partial charge is 0.224 e. The van der Waals surface area contributed by atoms with Crippen LogP contribution in [0.15, 0.2) is 18.2 Å².